The minimum atomic E-state index is 0.154. The zero-order valence-electron chi connectivity index (χ0n) is 16.2. The van der Waals surface area contributed by atoms with Gasteiger partial charge >= 0.3 is 0 Å². The van der Waals surface area contributed by atoms with Crippen molar-refractivity contribution in [3.05, 3.63) is 84.2 Å². The van der Waals surface area contributed by atoms with Crippen LogP contribution in [0.1, 0.15) is 23.5 Å². The summed E-state index contributed by atoms with van der Waals surface area (Å²) in [6.45, 7) is 2.98. The molecule has 1 aliphatic rings. The number of aromatic nitrogens is 2. The molecule has 1 saturated heterocycles. The Morgan fingerprint density at radius 2 is 1.82 bits per heavy atom. The Morgan fingerprint density at radius 1 is 1.11 bits per heavy atom. The van der Waals surface area contributed by atoms with Crippen LogP contribution in [-0.2, 0) is 11.3 Å². The van der Waals surface area contributed by atoms with Gasteiger partial charge < -0.3 is 4.90 Å². The van der Waals surface area contributed by atoms with Crippen LogP contribution in [-0.4, -0.2) is 52.2 Å². The van der Waals surface area contributed by atoms with Gasteiger partial charge in [0.05, 0.1) is 18.4 Å². The highest BCUT2D eigenvalue weighted by atomic mass is 16.2. The number of hydrogen-bond donors (Lipinski definition) is 0. The molecule has 2 heterocycles. The Balaban J connectivity index is 1.30. The van der Waals surface area contributed by atoms with Crippen LogP contribution in [0.4, 0.5) is 0 Å². The smallest absolute Gasteiger partial charge is 0.236 e. The summed E-state index contributed by atoms with van der Waals surface area (Å²) in [6.07, 6.45) is 4.93. The van der Waals surface area contributed by atoms with Gasteiger partial charge in [0.25, 0.3) is 0 Å². The van der Waals surface area contributed by atoms with Gasteiger partial charge in [0, 0.05) is 31.9 Å². The average Bonchev–Trinajstić information content (AvgIpc) is 3.39. The average molecular weight is 374 g/mol. The number of carbonyl (C=O) groups is 1. The lowest BCUT2D eigenvalue weighted by molar-refractivity contribution is -0.131. The van der Waals surface area contributed by atoms with E-state index in [1.165, 1.54) is 5.56 Å². The fourth-order valence-corrected chi connectivity index (χ4v) is 3.81. The lowest BCUT2D eigenvalue weighted by Gasteiger charge is -2.21. The van der Waals surface area contributed by atoms with Gasteiger partial charge in [0.2, 0.25) is 5.91 Å². The van der Waals surface area contributed by atoms with Gasteiger partial charge in [-0.05, 0) is 36.6 Å². The third-order valence-corrected chi connectivity index (χ3v) is 5.40. The molecule has 5 nitrogen and oxygen atoms in total. The fraction of sp³-hybridized carbons (Fsp3) is 0.304. The van der Waals surface area contributed by atoms with E-state index < -0.39 is 0 Å². The van der Waals surface area contributed by atoms with E-state index in [9.17, 15) is 4.79 Å². The zero-order valence-corrected chi connectivity index (χ0v) is 16.2. The summed E-state index contributed by atoms with van der Waals surface area (Å²) in [4.78, 5) is 16.7. The molecule has 0 bridgehead atoms. The van der Waals surface area contributed by atoms with E-state index in [4.69, 9.17) is 0 Å². The largest absolute Gasteiger partial charge is 0.340 e. The lowest BCUT2D eigenvalue weighted by atomic mass is 9.99. The van der Waals surface area contributed by atoms with Crippen molar-refractivity contribution in [2.45, 2.75) is 18.9 Å². The second kappa shape index (κ2) is 8.40. The van der Waals surface area contributed by atoms with Crippen LogP contribution in [0.3, 0.4) is 0 Å². The first-order valence-corrected chi connectivity index (χ1v) is 9.79. The monoisotopic (exact) mass is 374 g/mol. The van der Waals surface area contributed by atoms with Gasteiger partial charge in [-0.15, -0.1) is 0 Å². The normalized spacial score (nSPS) is 17.0. The number of benzene rings is 2. The van der Waals surface area contributed by atoms with E-state index >= 15 is 0 Å². The molecule has 0 spiro atoms. The van der Waals surface area contributed by atoms with Gasteiger partial charge in [0.1, 0.15) is 0 Å². The number of likely N-dealkylation sites (N-methyl/N-ethyl adjacent to an activating group) is 1. The Hall–Kier alpha value is -2.92. The quantitative estimate of drug-likeness (QED) is 0.665. The number of rotatable bonds is 6. The van der Waals surface area contributed by atoms with E-state index in [1.807, 2.05) is 54.5 Å². The van der Waals surface area contributed by atoms with Crippen LogP contribution in [0.2, 0.25) is 0 Å². The third-order valence-electron chi connectivity index (χ3n) is 5.40. The number of carbonyl (C=O) groups excluding carboxylic acids is 1. The van der Waals surface area contributed by atoms with Crippen LogP contribution in [0.15, 0.2) is 73.1 Å². The second-order valence-electron chi connectivity index (χ2n) is 7.51. The number of para-hydroxylation sites is 1. The van der Waals surface area contributed by atoms with Crippen LogP contribution < -0.4 is 0 Å². The summed E-state index contributed by atoms with van der Waals surface area (Å²) in [7, 11) is 1.87. The third kappa shape index (κ3) is 4.31. The first kappa shape index (κ1) is 18.4. The summed E-state index contributed by atoms with van der Waals surface area (Å²) >= 11 is 0. The van der Waals surface area contributed by atoms with Crippen LogP contribution in [0.25, 0.3) is 5.69 Å². The number of hydrogen-bond acceptors (Lipinski definition) is 3. The van der Waals surface area contributed by atoms with Crippen LogP contribution >= 0.6 is 0 Å². The summed E-state index contributed by atoms with van der Waals surface area (Å²) in [5.41, 5.74) is 3.43. The van der Waals surface area contributed by atoms with Crippen molar-refractivity contribution >= 4 is 5.91 Å². The minimum absolute atomic E-state index is 0.154. The highest BCUT2D eigenvalue weighted by molar-refractivity contribution is 5.78. The first-order valence-electron chi connectivity index (χ1n) is 9.79. The molecule has 1 fully saturated rings. The number of amides is 1. The molecule has 5 heteroatoms. The van der Waals surface area contributed by atoms with Crippen molar-refractivity contribution in [3.63, 3.8) is 0 Å². The van der Waals surface area contributed by atoms with Gasteiger partial charge in [0.15, 0.2) is 0 Å². The zero-order chi connectivity index (χ0) is 19.3. The summed E-state index contributed by atoms with van der Waals surface area (Å²) < 4.78 is 1.85. The first-order chi connectivity index (χ1) is 13.7. The molecule has 0 N–H and O–H groups in total. The van der Waals surface area contributed by atoms with Crippen molar-refractivity contribution < 1.29 is 4.79 Å². The van der Waals surface area contributed by atoms with Crippen LogP contribution in [0.5, 0.6) is 0 Å². The maximum absolute atomic E-state index is 12.7. The van der Waals surface area contributed by atoms with Gasteiger partial charge in [-0.3, -0.25) is 9.69 Å². The molecular weight excluding hydrogens is 348 g/mol. The molecule has 1 amide bonds. The summed E-state index contributed by atoms with van der Waals surface area (Å²) in [5.74, 6) is 0.685. The molecule has 4 rings (SSSR count). The fourth-order valence-electron chi connectivity index (χ4n) is 3.81. The molecule has 1 atom stereocenters. The second-order valence-corrected chi connectivity index (χ2v) is 7.51. The van der Waals surface area contributed by atoms with Crippen molar-refractivity contribution in [3.8, 4) is 5.69 Å². The lowest BCUT2D eigenvalue weighted by Crippen LogP contribution is -2.37. The molecule has 0 saturated carbocycles. The minimum Gasteiger partial charge on any atom is -0.340 e. The Morgan fingerprint density at radius 3 is 2.57 bits per heavy atom. The SMILES string of the molecule is CN(Cc1cnn(-c2ccccc2)c1)C(=O)CN1CC[C@@H](c2ccccc2)C1. The van der Waals surface area contributed by atoms with E-state index in [0.29, 0.717) is 19.0 Å². The Labute approximate surface area is 166 Å². The van der Waals surface area contributed by atoms with Crippen LogP contribution in [0, 0.1) is 0 Å². The predicted octanol–water partition coefficient (Wildman–Crippen LogP) is 3.32. The maximum Gasteiger partial charge on any atom is 0.236 e. The highest BCUT2D eigenvalue weighted by Gasteiger charge is 2.26. The highest BCUT2D eigenvalue weighted by Crippen LogP contribution is 2.26. The standard InChI is InChI=1S/C23H26N4O/c1-25(15-19-14-24-27(16-19)22-10-6-3-7-11-22)23(28)18-26-13-12-21(17-26)20-8-4-2-5-9-20/h2-11,14,16,21H,12-13,15,17-18H2,1H3/t21-/m1/s1. The van der Waals surface area contributed by atoms with Gasteiger partial charge in [-0.25, -0.2) is 4.68 Å². The molecular formula is C23H26N4O. The topological polar surface area (TPSA) is 41.4 Å². The maximum atomic E-state index is 12.7. The molecule has 0 radical (unpaired) electrons. The molecule has 1 aromatic heterocycles. The molecule has 0 aliphatic carbocycles. The molecule has 3 aromatic rings. The number of nitrogens with zero attached hydrogens (tertiary/aromatic N) is 4. The van der Waals surface area contributed by atoms with Gasteiger partial charge in [-0.2, -0.15) is 5.10 Å². The van der Waals surface area contributed by atoms with E-state index in [2.05, 4.69) is 40.3 Å². The van der Waals surface area contributed by atoms with Crippen molar-refractivity contribution in [2.24, 2.45) is 0 Å². The summed E-state index contributed by atoms with van der Waals surface area (Å²) in [6, 6.07) is 20.6. The van der Waals surface area contributed by atoms with E-state index in [-0.39, 0.29) is 5.91 Å². The summed E-state index contributed by atoms with van der Waals surface area (Å²) in [5, 5.41) is 4.41. The van der Waals surface area contributed by atoms with E-state index in [1.54, 1.807) is 4.90 Å². The molecule has 28 heavy (non-hydrogen) atoms. The Kier molecular flexibility index (Phi) is 5.53. The van der Waals surface area contributed by atoms with Crippen molar-refractivity contribution in [2.75, 3.05) is 26.7 Å². The Bertz CT molecular complexity index is 907. The predicted molar refractivity (Wildman–Crippen MR) is 110 cm³/mol. The molecule has 1 aliphatic heterocycles. The molecule has 2 aromatic carbocycles. The molecule has 144 valence electrons. The number of likely N-dealkylation sites (tertiary alicyclic amines) is 1. The van der Waals surface area contributed by atoms with E-state index in [0.717, 1.165) is 30.8 Å². The van der Waals surface area contributed by atoms with Crippen molar-refractivity contribution in [1.29, 1.82) is 0 Å². The molecule has 0 unspecified atom stereocenters. The van der Waals surface area contributed by atoms with Gasteiger partial charge in [-0.1, -0.05) is 48.5 Å². The van der Waals surface area contributed by atoms with Crippen molar-refractivity contribution in [1.82, 2.24) is 19.6 Å².